The summed E-state index contributed by atoms with van der Waals surface area (Å²) in [5, 5.41) is 9.31. The smallest absolute Gasteiger partial charge is 0.437 e. The predicted molar refractivity (Wildman–Crippen MR) is 43.5 cm³/mol. The van der Waals surface area contributed by atoms with Crippen molar-refractivity contribution >= 4 is 15.9 Å². The van der Waals surface area contributed by atoms with Crippen LogP contribution in [0.25, 0.3) is 0 Å². The van der Waals surface area contributed by atoms with Crippen molar-refractivity contribution in [2.75, 3.05) is 0 Å². The summed E-state index contributed by atoms with van der Waals surface area (Å²) in [7, 11) is 0. The van der Waals surface area contributed by atoms with E-state index in [2.05, 4.69) is 20.9 Å². The van der Waals surface area contributed by atoms with Gasteiger partial charge in [0.1, 0.15) is 5.75 Å². The van der Waals surface area contributed by atoms with Crippen LogP contribution in [0, 0.1) is 0 Å². The molecule has 0 amide bonds. The Morgan fingerprint density at radius 1 is 1.46 bits per heavy atom. The fraction of sp³-hybridized carbons (Fsp3) is 0.286. The van der Waals surface area contributed by atoms with Crippen molar-refractivity contribution in [3.63, 3.8) is 0 Å². The van der Waals surface area contributed by atoms with Crippen LogP contribution in [0.4, 0.5) is 13.2 Å². The zero-order valence-electron chi connectivity index (χ0n) is 6.27. The molecule has 13 heavy (non-hydrogen) atoms. The molecule has 0 aromatic carbocycles. The Morgan fingerprint density at radius 2 is 2.08 bits per heavy atom. The van der Waals surface area contributed by atoms with E-state index >= 15 is 0 Å². The zero-order chi connectivity index (χ0) is 10.1. The maximum atomic E-state index is 12.1. The standard InChI is InChI=1S/C7H5BrF3NO/c8-2-4-1-5(13)6(12-3-4)7(9,10)11/h1,3,13H,2H2. The van der Waals surface area contributed by atoms with E-state index in [0.29, 0.717) is 10.9 Å². The summed E-state index contributed by atoms with van der Waals surface area (Å²) in [6.45, 7) is 0. The average molecular weight is 256 g/mol. The second-order valence-corrected chi connectivity index (χ2v) is 2.90. The molecule has 2 nitrogen and oxygen atoms in total. The first-order chi connectivity index (χ1) is 5.95. The van der Waals surface area contributed by atoms with Crippen molar-refractivity contribution in [1.29, 1.82) is 0 Å². The maximum absolute atomic E-state index is 12.1. The van der Waals surface area contributed by atoms with Gasteiger partial charge in [0, 0.05) is 11.5 Å². The first-order valence-electron chi connectivity index (χ1n) is 3.26. The number of alkyl halides is 4. The van der Waals surface area contributed by atoms with Gasteiger partial charge in [-0.15, -0.1) is 0 Å². The molecule has 6 heteroatoms. The van der Waals surface area contributed by atoms with E-state index in [1.165, 1.54) is 0 Å². The van der Waals surface area contributed by atoms with Gasteiger partial charge in [-0.3, -0.25) is 0 Å². The highest BCUT2D eigenvalue weighted by Gasteiger charge is 2.35. The number of rotatable bonds is 1. The Labute approximate surface area is 80.5 Å². The fourth-order valence-corrected chi connectivity index (χ4v) is 1.09. The monoisotopic (exact) mass is 255 g/mol. The molecule has 1 N–H and O–H groups in total. The SMILES string of the molecule is Oc1cc(CBr)cnc1C(F)(F)F. The van der Waals surface area contributed by atoms with Gasteiger partial charge in [-0.2, -0.15) is 13.2 Å². The van der Waals surface area contributed by atoms with Crippen molar-refractivity contribution in [1.82, 2.24) is 4.98 Å². The van der Waals surface area contributed by atoms with Gasteiger partial charge in [0.05, 0.1) is 0 Å². The second-order valence-electron chi connectivity index (χ2n) is 2.34. The van der Waals surface area contributed by atoms with Crippen LogP contribution in [0.3, 0.4) is 0 Å². The van der Waals surface area contributed by atoms with E-state index in [1.54, 1.807) is 0 Å². The summed E-state index contributed by atoms with van der Waals surface area (Å²) in [5.41, 5.74) is -0.761. The third-order valence-corrected chi connectivity index (χ3v) is 1.99. The predicted octanol–water partition coefficient (Wildman–Crippen LogP) is 2.70. The van der Waals surface area contributed by atoms with E-state index in [4.69, 9.17) is 5.11 Å². The molecule has 1 heterocycles. The van der Waals surface area contributed by atoms with Crippen LogP contribution >= 0.6 is 15.9 Å². The Kier molecular flexibility index (Phi) is 2.80. The summed E-state index contributed by atoms with van der Waals surface area (Å²) in [6.07, 6.45) is -3.54. The van der Waals surface area contributed by atoms with Gasteiger partial charge < -0.3 is 5.11 Å². The molecule has 0 atom stereocenters. The van der Waals surface area contributed by atoms with Crippen molar-refractivity contribution in [3.8, 4) is 5.75 Å². The van der Waals surface area contributed by atoms with Crippen LogP contribution in [0.2, 0.25) is 0 Å². The summed E-state index contributed by atoms with van der Waals surface area (Å²) < 4.78 is 36.2. The topological polar surface area (TPSA) is 33.1 Å². The molecule has 0 aliphatic rings. The molecule has 0 fully saturated rings. The molecule has 0 bridgehead atoms. The molecule has 1 aromatic heterocycles. The quantitative estimate of drug-likeness (QED) is 0.783. The molecule has 72 valence electrons. The van der Waals surface area contributed by atoms with Gasteiger partial charge in [-0.05, 0) is 11.6 Å². The molecule has 0 unspecified atom stereocenters. The van der Waals surface area contributed by atoms with Gasteiger partial charge in [0.15, 0.2) is 5.69 Å². The lowest BCUT2D eigenvalue weighted by molar-refractivity contribution is -0.142. The summed E-state index contributed by atoms with van der Waals surface area (Å²) in [5.74, 6) is -0.843. The van der Waals surface area contributed by atoms with E-state index in [-0.39, 0.29) is 0 Å². The molecule has 0 saturated carbocycles. The van der Waals surface area contributed by atoms with Gasteiger partial charge in [-0.25, -0.2) is 4.98 Å². The number of halogens is 4. The maximum Gasteiger partial charge on any atom is 0.437 e. The molecule has 0 saturated heterocycles. The number of hydrogen-bond donors (Lipinski definition) is 1. The van der Waals surface area contributed by atoms with Crippen molar-refractivity contribution in [2.24, 2.45) is 0 Å². The molecule has 1 rings (SSSR count). The van der Waals surface area contributed by atoms with Crippen molar-refractivity contribution in [2.45, 2.75) is 11.5 Å². The zero-order valence-corrected chi connectivity index (χ0v) is 7.85. The minimum absolute atomic E-state index is 0.353. The molecule has 0 aliphatic heterocycles. The first kappa shape index (κ1) is 10.3. The van der Waals surface area contributed by atoms with Crippen LogP contribution in [-0.4, -0.2) is 10.1 Å². The first-order valence-corrected chi connectivity index (χ1v) is 4.38. The number of aromatic nitrogens is 1. The highest BCUT2D eigenvalue weighted by Crippen LogP contribution is 2.34. The van der Waals surface area contributed by atoms with Gasteiger partial charge in [0.25, 0.3) is 0 Å². The lowest BCUT2D eigenvalue weighted by Gasteiger charge is -2.07. The number of nitrogens with zero attached hydrogens (tertiary/aromatic N) is 1. The highest BCUT2D eigenvalue weighted by molar-refractivity contribution is 9.08. The van der Waals surface area contributed by atoms with E-state index in [0.717, 1.165) is 12.3 Å². The normalized spacial score (nSPS) is 11.7. The van der Waals surface area contributed by atoms with Crippen molar-refractivity contribution in [3.05, 3.63) is 23.5 Å². The molecular weight excluding hydrogens is 251 g/mol. The summed E-state index contributed by atoms with van der Waals surface area (Å²) in [6, 6.07) is 1.03. The summed E-state index contributed by atoms with van der Waals surface area (Å²) in [4.78, 5) is 3.12. The minimum atomic E-state index is -4.60. The van der Waals surface area contributed by atoms with Gasteiger partial charge >= 0.3 is 6.18 Å². The van der Waals surface area contributed by atoms with Gasteiger partial charge in [0.2, 0.25) is 0 Å². The van der Waals surface area contributed by atoms with Gasteiger partial charge in [-0.1, -0.05) is 15.9 Å². The van der Waals surface area contributed by atoms with Crippen LogP contribution in [0.5, 0.6) is 5.75 Å². The number of hydrogen-bond acceptors (Lipinski definition) is 2. The van der Waals surface area contributed by atoms with Crippen molar-refractivity contribution < 1.29 is 18.3 Å². The summed E-state index contributed by atoms with van der Waals surface area (Å²) >= 11 is 3.03. The molecule has 1 aromatic rings. The fourth-order valence-electron chi connectivity index (χ4n) is 0.786. The second kappa shape index (κ2) is 3.53. The number of aromatic hydroxyl groups is 1. The molecule has 0 spiro atoms. The van der Waals surface area contributed by atoms with Crippen LogP contribution in [0.1, 0.15) is 11.3 Å². The van der Waals surface area contributed by atoms with E-state index in [1.807, 2.05) is 0 Å². The Hall–Kier alpha value is -0.780. The Morgan fingerprint density at radius 3 is 2.46 bits per heavy atom. The highest BCUT2D eigenvalue weighted by atomic mass is 79.9. The van der Waals surface area contributed by atoms with Crippen LogP contribution < -0.4 is 0 Å². The third-order valence-electron chi connectivity index (χ3n) is 1.35. The van der Waals surface area contributed by atoms with E-state index in [9.17, 15) is 13.2 Å². The minimum Gasteiger partial charge on any atom is -0.506 e. The van der Waals surface area contributed by atoms with E-state index < -0.39 is 17.6 Å². The lowest BCUT2D eigenvalue weighted by atomic mass is 10.2. The average Bonchev–Trinajstić information content (AvgIpc) is 2.01. The number of pyridine rings is 1. The Balaban J connectivity index is 3.13. The third kappa shape index (κ3) is 2.33. The van der Waals surface area contributed by atoms with Crippen LogP contribution in [0.15, 0.2) is 12.3 Å². The molecule has 0 radical (unpaired) electrons. The largest absolute Gasteiger partial charge is 0.506 e. The van der Waals surface area contributed by atoms with Crippen LogP contribution in [-0.2, 0) is 11.5 Å². The molecule has 0 aliphatic carbocycles. The Bertz CT molecular complexity index is 313. The lowest BCUT2D eigenvalue weighted by Crippen LogP contribution is -2.08. The molecular formula is C7H5BrF3NO.